The third-order valence-corrected chi connectivity index (χ3v) is 6.19. The van der Waals surface area contributed by atoms with Gasteiger partial charge in [0.15, 0.2) is 0 Å². The molecule has 102 valence electrons. The topological polar surface area (TPSA) is 3.24 Å². The highest BCUT2D eigenvalue weighted by Crippen LogP contribution is 2.33. The molecule has 0 aliphatic heterocycles. The van der Waals surface area contributed by atoms with Crippen molar-refractivity contribution in [3.05, 3.63) is 0 Å². The van der Waals surface area contributed by atoms with Crippen LogP contribution in [0.4, 0.5) is 0 Å². The van der Waals surface area contributed by atoms with Crippen LogP contribution >= 0.6 is 15.9 Å². The van der Waals surface area contributed by atoms with Gasteiger partial charge >= 0.3 is 0 Å². The zero-order valence-corrected chi connectivity index (χ0v) is 13.7. The largest absolute Gasteiger partial charge is 0.303 e. The SMILES string of the molecule is CCC(CC)(CBr)CN(C)C1CCCCC1C. The second-order valence-corrected chi connectivity index (χ2v) is 6.65. The molecule has 0 aromatic rings. The number of alkyl halides is 1. The van der Waals surface area contributed by atoms with Crippen molar-refractivity contribution in [3.63, 3.8) is 0 Å². The van der Waals surface area contributed by atoms with Gasteiger partial charge in [0.25, 0.3) is 0 Å². The molecule has 0 bridgehead atoms. The predicted molar refractivity (Wildman–Crippen MR) is 80.9 cm³/mol. The smallest absolute Gasteiger partial charge is 0.0118 e. The molecule has 0 aromatic carbocycles. The van der Waals surface area contributed by atoms with Crippen molar-refractivity contribution in [2.45, 2.75) is 65.3 Å². The molecule has 0 N–H and O–H groups in total. The molecule has 0 saturated heterocycles. The van der Waals surface area contributed by atoms with Gasteiger partial charge in [0.05, 0.1) is 0 Å². The normalized spacial score (nSPS) is 26.5. The van der Waals surface area contributed by atoms with E-state index in [2.05, 4.69) is 48.6 Å². The molecule has 0 heterocycles. The summed E-state index contributed by atoms with van der Waals surface area (Å²) in [7, 11) is 2.34. The lowest BCUT2D eigenvalue weighted by molar-refractivity contribution is 0.0889. The number of nitrogens with zero attached hydrogens (tertiary/aromatic N) is 1. The molecule has 2 heteroatoms. The first-order valence-corrected chi connectivity index (χ1v) is 8.47. The molecule has 2 atom stereocenters. The van der Waals surface area contributed by atoms with E-state index in [-0.39, 0.29) is 0 Å². The lowest BCUT2D eigenvalue weighted by Gasteiger charge is -2.42. The van der Waals surface area contributed by atoms with Crippen LogP contribution in [0.5, 0.6) is 0 Å². The summed E-state index contributed by atoms with van der Waals surface area (Å²) < 4.78 is 0. The summed E-state index contributed by atoms with van der Waals surface area (Å²) in [5, 5.41) is 1.14. The van der Waals surface area contributed by atoms with Crippen LogP contribution in [0.25, 0.3) is 0 Å². The highest BCUT2D eigenvalue weighted by atomic mass is 79.9. The molecule has 1 fully saturated rings. The van der Waals surface area contributed by atoms with Crippen LogP contribution in [0, 0.1) is 11.3 Å². The van der Waals surface area contributed by atoms with Crippen LogP contribution in [0.2, 0.25) is 0 Å². The third kappa shape index (κ3) is 3.96. The van der Waals surface area contributed by atoms with Crippen molar-refractivity contribution >= 4 is 15.9 Å². The number of halogens is 1. The zero-order chi connectivity index (χ0) is 12.9. The van der Waals surface area contributed by atoms with Crippen LogP contribution in [0.3, 0.4) is 0 Å². The Morgan fingerprint density at radius 2 is 1.76 bits per heavy atom. The summed E-state index contributed by atoms with van der Waals surface area (Å²) in [6.45, 7) is 8.36. The molecule has 1 saturated carbocycles. The standard InChI is InChI=1S/C15H30BrN/c1-5-15(6-2,11-16)12-17(4)14-10-8-7-9-13(14)3/h13-14H,5-12H2,1-4H3. The quantitative estimate of drug-likeness (QED) is 0.643. The molecule has 1 nitrogen and oxygen atoms in total. The van der Waals surface area contributed by atoms with Crippen molar-refractivity contribution in [2.75, 3.05) is 18.9 Å². The van der Waals surface area contributed by atoms with Gasteiger partial charge in [0.1, 0.15) is 0 Å². The van der Waals surface area contributed by atoms with E-state index >= 15 is 0 Å². The van der Waals surface area contributed by atoms with Crippen molar-refractivity contribution in [1.29, 1.82) is 0 Å². The summed E-state index contributed by atoms with van der Waals surface area (Å²) >= 11 is 3.73. The lowest BCUT2D eigenvalue weighted by Crippen LogP contribution is -2.45. The monoisotopic (exact) mass is 303 g/mol. The lowest BCUT2D eigenvalue weighted by atomic mass is 9.81. The first-order valence-electron chi connectivity index (χ1n) is 7.34. The fourth-order valence-electron chi connectivity index (χ4n) is 3.30. The summed E-state index contributed by atoms with van der Waals surface area (Å²) in [5.74, 6) is 0.885. The van der Waals surface area contributed by atoms with Gasteiger partial charge in [-0.15, -0.1) is 0 Å². The minimum absolute atomic E-state index is 0.478. The molecule has 0 aromatic heterocycles. The van der Waals surface area contributed by atoms with Gasteiger partial charge in [0.2, 0.25) is 0 Å². The molecule has 1 aliphatic carbocycles. The summed E-state index contributed by atoms with van der Waals surface area (Å²) in [5.41, 5.74) is 0.478. The van der Waals surface area contributed by atoms with E-state index in [0.29, 0.717) is 5.41 Å². The predicted octanol–water partition coefficient (Wildman–Crippen LogP) is 4.70. The highest BCUT2D eigenvalue weighted by Gasteiger charge is 2.31. The van der Waals surface area contributed by atoms with Crippen molar-refractivity contribution < 1.29 is 0 Å². The van der Waals surface area contributed by atoms with Crippen LogP contribution in [-0.2, 0) is 0 Å². The highest BCUT2D eigenvalue weighted by molar-refractivity contribution is 9.09. The van der Waals surface area contributed by atoms with Gasteiger partial charge in [-0.2, -0.15) is 0 Å². The molecule has 0 radical (unpaired) electrons. The summed E-state index contributed by atoms with van der Waals surface area (Å²) in [4.78, 5) is 2.65. The van der Waals surface area contributed by atoms with Gasteiger partial charge in [-0.3, -0.25) is 0 Å². The van der Waals surface area contributed by atoms with E-state index in [0.717, 1.165) is 17.3 Å². The van der Waals surface area contributed by atoms with E-state index in [1.807, 2.05) is 0 Å². The Balaban J connectivity index is 2.59. The second kappa shape index (κ2) is 7.13. The molecule has 2 unspecified atom stereocenters. The first kappa shape index (κ1) is 15.5. The maximum Gasteiger partial charge on any atom is 0.0118 e. The Morgan fingerprint density at radius 3 is 2.24 bits per heavy atom. The van der Waals surface area contributed by atoms with Crippen LogP contribution in [0.1, 0.15) is 59.3 Å². The number of hydrogen-bond donors (Lipinski definition) is 0. The Morgan fingerprint density at radius 1 is 1.18 bits per heavy atom. The zero-order valence-electron chi connectivity index (χ0n) is 12.1. The van der Waals surface area contributed by atoms with E-state index < -0.39 is 0 Å². The average Bonchev–Trinajstić information content (AvgIpc) is 2.36. The van der Waals surface area contributed by atoms with Crippen LogP contribution in [-0.4, -0.2) is 29.9 Å². The van der Waals surface area contributed by atoms with Crippen molar-refractivity contribution in [3.8, 4) is 0 Å². The first-order chi connectivity index (χ1) is 8.08. The maximum absolute atomic E-state index is 3.73. The fraction of sp³-hybridized carbons (Fsp3) is 1.00. The average molecular weight is 304 g/mol. The van der Waals surface area contributed by atoms with Crippen molar-refractivity contribution in [2.24, 2.45) is 11.3 Å². The minimum atomic E-state index is 0.478. The molecule has 1 aliphatic rings. The minimum Gasteiger partial charge on any atom is -0.303 e. The van der Waals surface area contributed by atoms with Gasteiger partial charge < -0.3 is 4.90 Å². The van der Waals surface area contributed by atoms with Crippen molar-refractivity contribution in [1.82, 2.24) is 4.90 Å². The number of rotatable bonds is 6. The third-order valence-electron chi connectivity index (χ3n) is 5.00. The van der Waals surface area contributed by atoms with E-state index in [1.165, 1.54) is 45.1 Å². The Kier molecular flexibility index (Phi) is 6.50. The van der Waals surface area contributed by atoms with Gasteiger partial charge in [-0.1, -0.05) is 49.5 Å². The molecular formula is C15H30BrN. The fourth-order valence-corrected chi connectivity index (χ4v) is 4.27. The Labute approximate surface area is 116 Å². The molecule has 17 heavy (non-hydrogen) atoms. The number of hydrogen-bond acceptors (Lipinski definition) is 1. The van der Waals surface area contributed by atoms with Gasteiger partial charge in [0, 0.05) is 17.9 Å². The summed E-state index contributed by atoms with van der Waals surface area (Å²) in [6.07, 6.45) is 8.26. The second-order valence-electron chi connectivity index (χ2n) is 6.08. The van der Waals surface area contributed by atoms with Gasteiger partial charge in [-0.05, 0) is 44.1 Å². The molecule has 0 amide bonds. The van der Waals surface area contributed by atoms with E-state index in [4.69, 9.17) is 0 Å². The molecule has 1 rings (SSSR count). The Bertz CT molecular complexity index is 205. The molecule has 0 spiro atoms. The summed E-state index contributed by atoms with van der Waals surface area (Å²) in [6, 6.07) is 0.820. The van der Waals surface area contributed by atoms with E-state index in [1.54, 1.807) is 0 Å². The molecular weight excluding hydrogens is 274 g/mol. The van der Waals surface area contributed by atoms with E-state index in [9.17, 15) is 0 Å². The maximum atomic E-state index is 3.73. The van der Waals surface area contributed by atoms with Crippen LogP contribution < -0.4 is 0 Å². The Hall–Kier alpha value is 0.440. The van der Waals surface area contributed by atoms with Gasteiger partial charge in [-0.25, -0.2) is 0 Å². The van der Waals surface area contributed by atoms with Crippen LogP contribution in [0.15, 0.2) is 0 Å².